The molecule has 0 atom stereocenters. The van der Waals surface area contributed by atoms with E-state index in [0.717, 1.165) is 24.3 Å². The summed E-state index contributed by atoms with van der Waals surface area (Å²) in [4.78, 5) is 2.31. The van der Waals surface area contributed by atoms with E-state index < -0.39 is 0 Å². The number of halogens is 1. The highest BCUT2D eigenvalue weighted by Crippen LogP contribution is 2.34. The summed E-state index contributed by atoms with van der Waals surface area (Å²) in [5, 5.41) is 3.55. The van der Waals surface area contributed by atoms with E-state index >= 15 is 0 Å². The van der Waals surface area contributed by atoms with Crippen molar-refractivity contribution >= 4 is 11.4 Å². The van der Waals surface area contributed by atoms with E-state index in [4.69, 9.17) is 0 Å². The van der Waals surface area contributed by atoms with Crippen LogP contribution >= 0.6 is 0 Å². The minimum Gasteiger partial charge on any atom is -0.377 e. The van der Waals surface area contributed by atoms with Crippen molar-refractivity contribution in [3.05, 3.63) is 59.9 Å². The number of nitrogens with one attached hydrogen (secondary N) is 1. The van der Waals surface area contributed by atoms with Crippen molar-refractivity contribution in [1.82, 2.24) is 0 Å². The summed E-state index contributed by atoms with van der Waals surface area (Å²) < 4.78 is 13.3. The fourth-order valence-corrected chi connectivity index (χ4v) is 2.82. The van der Waals surface area contributed by atoms with E-state index in [2.05, 4.69) is 36.2 Å². The van der Waals surface area contributed by atoms with Gasteiger partial charge in [0.1, 0.15) is 5.82 Å². The molecule has 104 valence electrons. The van der Waals surface area contributed by atoms with Gasteiger partial charge in [-0.25, -0.2) is 4.39 Å². The van der Waals surface area contributed by atoms with Crippen molar-refractivity contribution in [2.75, 3.05) is 16.8 Å². The number of para-hydroxylation sites is 2. The molecule has 0 fully saturated rings. The Balaban J connectivity index is 1.93. The predicted octanol–water partition coefficient (Wildman–Crippen LogP) is 4.04. The molecule has 1 aliphatic rings. The molecule has 0 radical (unpaired) electrons. The lowest BCUT2D eigenvalue weighted by atomic mass is 9.98. The van der Waals surface area contributed by atoms with Crippen LogP contribution in [0.25, 0.3) is 0 Å². The van der Waals surface area contributed by atoms with Crippen molar-refractivity contribution in [3.63, 3.8) is 0 Å². The van der Waals surface area contributed by atoms with Crippen LogP contribution < -0.4 is 10.2 Å². The quantitative estimate of drug-likeness (QED) is 0.886. The van der Waals surface area contributed by atoms with Gasteiger partial charge in [0, 0.05) is 18.6 Å². The van der Waals surface area contributed by atoms with Gasteiger partial charge in [0.05, 0.1) is 11.4 Å². The largest absolute Gasteiger partial charge is 0.377 e. The van der Waals surface area contributed by atoms with Crippen molar-refractivity contribution in [1.29, 1.82) is 0 Å². The standard InChI is InChI=1S/C17H19FN2/c1-17(2)12-20(11-13-6-5-7-14(18)10-13)16-9-4-3-8-15(16)19-17/h3-10,19H,11-12H2,1-2H3. The lowest BCUT2D eigenvalue weighted by Crippen LogP contribution is -2.48. The number of hydrogen-bond donors (Lipinski definition) is 1. The molecule has 1 aliphatic heterocycles. The van der Waals surface area contributed by atoms with Crippen LogP contribution in [0.15, 0.2) is 48.5 Å². The van der Waals surface area contributed by atoms with Gasteiger partial charge in [-0.05, 0) is 43.7 Å². The Kier molecular flexibility index (Phi) is 3.13. The molecule has 0 bridgehead atoms. The van der Waals surface area contributed by atoms with Gasteiger partial charge < -0.3 is 10.2 Å². The second kappa shape index (κ2) is 4.82. The van der Waals surface area contributed by atoms with Crippen molar-refractivity contribution in [2.24, 2.45) is 0 Å². The molecule has 2 nitrogen and oxygen atoms in total. The predicted molar refractivity (Wildman–Crippen MR) is 81.6 cm³/mol. The lowest BCUT2D eigenvalue weighted by molar-refractivity contribution is 0.529. The van der Waals surface area contributed by atoms with Gasteiger partial charge in [0.15, 0.2) is 0 Å². The van der Waals surface area contributed by atoms with E-state index in [-0.39, 0.29) is 11.4 Å². The molecule has 2 aromatic carbocycles. The Hall–Kier alpha value is -2.03. The highest BCUT2D eigenvalue weighted by Gasteiger charge is 2.29. The fourth-order valence-electron chi connectivity index (χ4n) is 2.82. The van der Waals surface area contributed by atoms with E-state index in [9.17, 15) is 4.39 Å². The molecule has 0 amide bonds. The van der Waals surface area contributed by atoms with Crippen LogP contribution in [-0.2, 0) is 6.54 Å². The number of hydrogen-bond acceptors (Lipinski definition) is 2. The molecule has 2 aromatic rings. The van der Waals surface area contributed by atoms with Crippen molar-refractivity contribution < 1.29 is 4.39 Å². The van der Waals surface area contributed by atoms with E-state index in [0.29, 0.717) is 0 Å². The van der Waals surface area contributed by atoms with Crippen molar-refractivity contribution in [2.45, 2.75) is 25.9 Å². The zero-order valence-electron chi connectivity index (χ0n) is 11.9. The maximum atomic E-state index is 13.3. The zero-order chi connectivity index (χ0) is 14.2. The topological polar surface area (TPSA) is 15.3 Å². The summed E-state index contributed by atoms with van der Waals surface area (Å²) in [6.07, 6.45) is 0. The summed E-state index contributed by atoms with van der Waals surface area (Å²) in [6.45, 7) is 5.98. The van der Waals surface area contributed by atoms with Crippen LogP contribution in [0.2, 0.25) is 0 Å². The molecule has 3 heteroatoms. The maximum absolute atomic E-state index is 13.3. The molecule has 0 aliphatic carbocycles. The maximum Gasteiger partial charge on any atom is 0.123 e. The van der Waals surface area contributed by atoms with E-state index in [1.807, 2.05) is 18.2 Å². The van der Waals surface area contributed by atoms with Crippen LogP contribution in [0.3, 0.4) is 0 Å². The monoisotopic (exact) mass is 270 g/mol. The van der Waals surface area contributed by atoms with Gasteiger partial charge in [-0.15, -0.1) is 0 Å². The first-order valence-electron chi connectivity index (χ1n) is 6.90. The number of nitrogens with zero attached hydrogens (tertiary/aromatic N) is 1. The van der Waals surface area contributed by atoms with E-state index in [1.165, 1.54) is 11.8 Å². The average molecular weight is 270 g/mol. The molecular weight excluding hydrogens is 251 g/mol. The van der Waals surface area contributed by atoms with Crippen LogP contribution in [-0.4, -0.2) is 12.1 Å². The molecule has 0 spiro atoms. The van der Waals surface area contributed by atoms with Crippen molar-refractivity contribution in [3.8, 4) is 0 Å². The Bertz CT molecular complexity index is 622. The number of benzene rings is 2. The summed E-state index contributed by atoms with van der Waals surface area (Å²) in [7, 11) is 0. The van der Waals surface area contributed by atoms with Crippen LogP contribution in [0, 0.1) is 5.82 Å². The second-order valence-corrected chi connectivity index (χ2v) is 6.01. The highest BCUT2D eigenvalue weighted by molar-refractivity contribution is 5.73. The third-order valence-electron chi connectivity index (χ3n) is 3.57. The minimum absolute atomic E-state index is 0.00167. The second-order valence-electron chi connectivity index (χ2n) is 6.01. The fraction of sp³-hybridized carbons (Fsp3) is 0.294. The molecular formula is C17H19FN2. The van der Waals surface area contributed by atoms with Gasteiger partial charge in [-0.1, -0.05) is 24.3 Å². The summed E-state index contributed by atoms with van der Waals surface area (Å²) in [5.74, 6) is -0.176. The normalized spacial score (nSPS) is 16.4. The summed E-state index contributed by atoms with van der Waals surface area (Å²) in [6, 6.07) is 15.1. The van der Waals surface area contributed by atoms with Gasteiger partial charge in [0.25, 0.3) is 0 Å². The van der Waals surface area contributed by atoms with Crippen LogP contribution in [0.5, 0.6) is 0 Å². The zero-order valence-corrected chi connectivity index (χ0v) is 11.9. The molecule has 0 unspecified atom stereocenters. The van der Waals surface area contributed by atoms with Gasteiger partial charge in [-0.3, -0.25) is 0 Å². The Morgan fingerprint density at radius 3 is 2.75 bits per heavy atom. The first-order chi connectivity index (χ1) is 9.53. The summed E-state index contributed by atoms with van der Waals surface area (Å²) in [5.41, 5.74) is 3.32. The molecule has 3 rings (SSSR count). The Morgan fingerprint density at radius 1 is 1.15 bits per heavy atom. The molecule has 1 N–H and O–H groups in total. The lowest BCUT2D eigenvalue weighted by Gasteiger charge is -2.42. The number of rotatable bonds is 2. The van der Waals surface area contributed by atoms with Gasteiger partial charge in [0.2, 0.25) is 0 Å². The highest BCUT2D eigenvalue weighted by atomic mass is 19.1. The molecule has 1 heterocycles. The molecule has 0 aromatic heterocycles. The minimum atomic E-state index is -0.176. The molecule has 20 heavy (non-hydrogen) atoms. The van der Waals surface area contributed by atoms with Crippen LogP contribution in [0.1, 0.15) is 19.4 Å². The number of fused-ring (bicyclic) bond motifs is 1. The first kappa shape index (κ1) is 13.0. The van der Waals surface area contributed by atoms with Crippen LogP contribution in [0.4, 0.5) is 15.8 Å². The third-order valence-corrected chi connectivity index (χ3v) is 3.57. The van der Waals surface area contributed by atoms with Gasteiger partial charge in [-0.2, -0.15) is 0 Å². The number of anilines is 2. The Morgan fingerprint density at radius 2 is 1.95 bits per heavy atom. The van der Waals surface area contributed by atoms with E-state index in [1.54, 1.807) is 12.1 Å². The van der Waals surface area contributed by atoms with Gasteiger partial charge >= 0.3 is 0 Å². The molecule has 0 saturated heterocycles. The smallest absolute Gasteiger partial charge is 0.123 e. The first-order valence-corrected chi connectivity index (χ1v) is 6.90. The SMILES string of the molecule is CC1(C)CN(Cc2cccc(F)c2)c2ccccc2N1. The average Bonchev–Trinajstić information content (AvgIpc) is 2.37. The Labute approximate surface area is 119 Å². The third kappa shape index (κ3) is 2.62. The summed E-state index contributed by atoms with van der Waals surface area (Å²) >= 11 is 0. The molecule has 0 saturated carbocycles.